The second-order valence-corrected chi connectivity index (χ2v) is 7.62. The summed E-state index contributed by atoms with van der Waals surface area (Å²) < 4.78 is 36.2. The zero-order chi connectivity index (χ0) is 17.6. The van der Waals surface area contributed by atoms with Gasteiger partial charge < -0.3 is 14.4 Å². The first-order valence-corrected chi connectivity index (χ1v) is 9.60. The number of methoxy groups -OCH3 is 1. The number of rotatable bonds is 7. The van der Waals surface area contributed by atoms with E-state index in [1.165, 1.54) is 4.31 Å². The van der Waals surface area contributed by atoms with Crippen LogP contribution in [0, 0.1) is 0 Å². The van der Waals surface area contributed by atoms with Crippen LogP contribution in [0.25, 0.3) is 0 Å². The Morgan fingerprint density at radius 1 is 1.12 bits per heavy atom. The largest absolute Gasteiger partial charge is 0.493 e. The van der Waals surface area contributed by atoms with Crippen molar-refractivity contribution in [1.29, 1.82) is 0 Å². The van der Waals surface area contributed by atoms with E-state index in [9.17, 15) is 13.2 Å². The molecule has 1 aliphatic heterocycles. The van der Waals surface area contributed by atoms with Crippen LogP contribution < -0.4 is 9.47 Å². The molecule has 1 fully saturated rings. The molecule has 0 aliphatic carbocycles. The van der Waals surface area contributed by atoms with Crippen LogP contribution in [0.2, 0.25) is 0 Å². The minimum atomic E-state index is -3.20. The zero-order valence-electron chi connectivity index (χ0n) is 14.1. The number of carbonyl (C=O) groups is 1. The molecular weight excluding hydrogens is 332 g/mol. The van der Waals surface area contributed by atoms with Crippen molar-refractivity contribution in [1.82, 2.24) is 9.21 Å². The van der Waals surface area contributed by atoms with Crippen LogP contribution in [0.5, 0.6) is 11.5 Å². The molecular formula is C16H24N2O5S. The minimum Gasteiger partial charge on any atom is -0.493 e. The summed E-state index contributed by atoms with van der Waals surface area (Å²) in [5.41, 5.74) is 0. The maximum Gasteiger partial charge on any atom is 0.260 e. The predicted octanol–water partition coefficient (Wildman–Crippen LogP) is 0.958. The lowest BCUT2D eigenvalue weighted by atomic mass is 10.3. The number of nitrogens with zero attached hydrogens (tertiary/aromatic N) is 2. The third kappa shape index (κ3) is 4.61. The predicted molar refractivity (Wildman–Crippen MR) is 90.7 cm³/mol. The van der Waals surface area contributed by atoms with Gasteiger partial charge in [0.15, 0.2) is 18.1 Å². The van der Waals surface area contributed by atoms with Gasteiger partial charge in [0.25, 0.3) is 5.91 Å². The highest BCUT2D eigenvalue weighted by Gasteiger charge is 2.28. The van der Waals surface area contributed by atoms with E-state index in [-0.39, 0.29) is 18.3 Å². The lowest BCUT2D eigenvalue weighted by Gasteiger charge is -2.33. The number of sulfonamides is 1. The van der Waals surface area contributed by atoms with Crippen molar-refractivity contribution in [3.63, 3.8) is 0 Å². The van der Waals surface area contributed by atoms with Gasteiger partial charge in [0.05, 0.1) is 12.9 Å². The monoisotopic (exact) mass is 356 g/mol. The van der Waals surface area contributed by atoms with Crippen LogP contribution in [-0.2, 0) is 14.8 Å². The molecule has 24 heavy (non-hydrogen) atoms. The summed E-state index contributed by atoms with van der Waals surface area (Å²) in [6.45, 7) is 3.19. The van der Waals surface area contributed by atoms with Gasteiger partial charge in [0.1, 0.15) is 0 Å². The normalized spacial score (nSPS) is 16.0. The molecule has 1 aliphatic rings. The molecule has 0 N–H and O–H groups in total. The standard InChI is InChI=1S/C16H24N2O5S/c1-3-12-24(20,21)18-10-8-17(9-11-18)16(19)13-23-15-7-5-4-6-14(15)22-2/h4-7H,3,8-13H2,1-2H3. The molecule has 1 amide bonds. The van der Waals surface area contributed by atoms with Gasteiger partial charge in [-0.1, -0.05) is 19.1 Å². The highest BCUT2D eigenvalue weighted by atomic mass is 32.2. The summed E-state index contributed by atoms with van der Waals surface area (Å²) in [5.74, 6) is 1.07. The van der Waals surface area contributed by atoms with Crippen LogP contribution in [-0.4, -0.2) is 69.2 Å². The van der Waals surface area contributed by atoms with Crippen molar-refractivity contribution in [2.75, 3.05) is 45.6 Å². The number of benzene rings is 1. The van der Waals surface area contributed by atoms with Gasteiger partial charge in [0.2, 0.25) is 10.0 Å². The van der Waals surface area contributed by atoms with Crippen molar-refractivity contribution in [2.45, 2.75) is 13.3 Å². The molecule has 1 heterocycles. The molecule has 2 rings (SSSR count). The molecule has 1 aromatic carbocycles. The van der Waals surface area contributed by atoms with Crippen LogP contribution in [0.15, 0.2) is 24.3 Å². The Kier molecular flexibility index (Phi) is 6.44. The number of amides is 1. The Morgan fingerprint density at radius 2 is 1.75 bits per heavy atom. The van der Waals surface area contributed by atoms with E-state index in [1.807, 2.05) is 13.0 Å². The average Bonchev–Trinajstić information content (AvgIpc) is 2.60. The van der Waals surface area contributed by atoms with Crippen molar-refractivity contribution >= 4 is 15.9 Å². The van der Waals surface area contributed by atoms with Crippen molar-refractivity contribution < 1.29 is 22.7 Å². The van der Waals surface area contributed by atoms with E-state index in [0.29, 0.717) is 44.1 Å². The molecule has 0 atom stereocenters. The summed E-state index contributed by atoms with van der Waals surface area (Å²) in [6.07, 6.45) is 0.591. The Labute approximate surface area is 143 Å². The number of carbonyl (C=O) groups excluding carboxylic acids is 1. The van der Waals surface area contributed by atoms with Crippen molar-refractivity contribution in [2.24, 2.45) is 0 Å². The molecule has 134 valence electrons. The van der Waals surface area contributed by atoms with Gasteiger partial charge >= 0.3 is 0 Å². The molecule has 8 heteroatoms. The Morgan fingerprint density at radius 3 is 2.33 bits per heavy atom. The van der Waals surface area contributed by atoms with E-state index in [1.54, 1.807) is 30.2 Å². The number of hydrogen-bond donors (Lipinski definition) is 0. The number of piperazine rings is 1. The highest BCUT2D eigenvalue weighted by Crippen LogP contribution is 2.25. The summed E-state index contributed by atoms with van der Waals surface area (Å²) in [5, 5.41) is 0. The lowest BCUT2D eigenvalue weighted by Crippen LogP contribution is -2.52. The second-order valence-electron chi connectivity index (χ2n) is 5.54. The third-order valence-corrected chi connectivity index (χ3v) is 5.94. The smallest absolute Gasteiger partial charge is 0.260 e. The van der Waals surface area contributed by atoms with Gasteiger partial charge in [-0.3, -0.25) is 4.79 Å². The van der Waals surface area contributed by atoms with E-state index in [0.717, 1.165) is 0 Å². The fraction of sp³-hybridized carbons (Fsp3) is 0.562. The Balaban J connectivity index is 1.85. The van der Waals surface area contributed by atoms with E-state index >= 15 is 0 Å². The van der Waals surface area contributed by atoms with Crippen molar-refractivity contribution in [3.05, 3.63) is 24.3 Å². The van der Waals surface area contributed by atoms with Gasteiger partial charge in [-0.15, -0.1) is 0 Å². The topological polar surface area (TPSA) is 76.2 Å². The van der Waals surface area contributed by atoms with Crippen molar-refractivity contribution in [3.8, 4) is 11.5 Å². The molecule has 0 aromatic heterocycles. The highest BCUT2D eigenvalue weighted by molar-refractivity contribution is 7.89. The van der Waals surface area contributed by atoms with Crippen LogP contribution >= 0.6 is 0 Å². The molecule has 1 saturated heterocycles. The zero-order valence-corrected chi connectivity index (χ0v) is 14.9. The Bertz CT molecular complexity index is 654. The van der Waals surface area contributed by atoms with Gasteiger partial charge in [-0.05, 0) is 18.6 Å². The van der Waals surface area contributed by atoms with Crippen LogP contribution in [0.4, 0.5) is 0 Å². The number of para-hydroxylation sites is 2. The quantitative estimate of drug-likeness (QED) is 0.727. The van der Waals surface area contributed by atoms with Gasteiger partial charge in [-0.25, -0.2) is 8.42 Å². The molecule has 0 bridgehead atoms. The number of ether oxygens (including phenoxy) is 2. The maximum absolute atomic E-state index is 12.2. The molecule has 0 unspecified atom stereocenters. The summed E-state index contributed by atoms with van der Waals surface area (Å²) in [4.78, 5) is 13.9. The summed E-state index contributed by atoms with van der Waals surface area (Å²) >= 11 is 0. The van der Waals surface area contributed by atoms with Gasteiger partial charge in [0, 0.05) is 26.2 Å². The third-order valence-electron chi connectivity index (χ3n) is 3.87. The van der Waals surface area contributed by atoms with E-state index in [4.69, 9.17) is 9.47 Å². The molecule has 1 aromatic rings. The summed E-state index contributed by atoms with van der Waals surface area (Å²) in [6, 6.07) is 7.13. The first-order valence-electron chi connectivity index (χ1n) is 7.99. The van der Waals surface area contributed by atoms with E-state index in [2.05, 4.69) is 0 Å². The van der Waals surface area contributed by atoms with Gasteiger partial charge in [-0.2, -0.15) is 4.31 Å². The fourth-order valence-corrected chi connectivity index (χ4v) is 4.07. The first kappa shape index (κ1) is 18.5. The van der Waals surface area contributed by atoms with Crippen LogP contribution in [0.1, 0.15) is 13.3 Å². The Hall–Kier alpha value is -1.80. The van der Waals surface area contributed by atoms with Crippen LogP contribution in [0.3, 0.4) is 0 Å². The fourth-order valence-electron chi connectivity index (χ4n) is 2.57. The average molecular weight is 356 g/mol. The second kappa shape index (κ2) is 8.34. The maximum atomic E-state index is 12.2. The minimum absolute atomic E-state index is 0.0952. The first-order chi connectivity index (χ1) is 11.5. The number of hydrogen-bond acceptors (Lipinski definition) is 5. The van der Waals surface area contributed by atoms with E-state index < -0.39 is 10.0 Å². The molecule has 0 spiro atoms. The summed E-state index contributed by atoms with van der Waals surface area (Å²) in [7, 11) is -1.66. The molecule has 0 radical (unpaired) electrons. The molecule has 7 nitrogen and oxygen atoms in total. The SMILES string of the molecule is CCCS(=O)(=O)N1CCN(C(=O)COc2ccccc2OC)CC1. The lowest BCUT2D eigenvalue weighted by molar-refractivity contribution is -0.134. The molecule has 0 saturated carbocycles.